The van der Waals surface area contributed by atoms with Crippen LogP contribution in [0.3, 0.4) is 0 Å². The van der Waals surface area contributed by atoms with E-state index in [1.807, 2.05) is 39.8 Å². The van der Waals surface area contributed by atoms with Gasteiger partial charge in [-0.25, -0.2) is 9.37 Å². The highest BCUT2D eigenvalue weighted by Gasteiger charge is 2.25. The van der Waals surface area contributed by atoms with Crippen molar-refractivity contribution < 1.29 is 19.1 Å². The molecule has 0 saturated carbocycles. The molecule has 1 aromatic carbocycles. The van der Waals surface area contributed by atoms with Gasteiger partial charge in [0.2, 0.25) is 0 Å². The van der Waals surface area contributed by atoms with Crippen molar-refractivity contribution in [2.24, 2.45) is 0 Å². The zero-order valence-corrected chi connectivity index (χ0v) is 20.1. The molecule has 0 spiro atoms. The predicted molar refractivity (Wildman–Crippen MR) is 129 cm³/mol. The Morgan fingerprint density at radius 2 is 1.74 bits per heavy atom. The second-order valence-corrected chi connectivity index (χ2v) is 9.46. The largest absolute Gasteiger partial charge is 0.504 e. The van der Waals surface area contributed by atoms with Crippen molar-refractivity contribution >= 4 is 22.7 Å². The van der Waals surface area contributed by atoms with E-state index in [1.54, 1.807) is 24.4 Å². The molecule has 0 saturated heterocycles. The Bertz CT molecular complexity index is 1200. The minimum absolute atomic E-state index is 0.00561. The van der Waals surface area contributed by atoms with Gasteiger partial charge >= 0.3 is 0 Å². The molecule has 3 rings (SSSR count). The number of fused-ring (bicyclic) bond motifs is 1. The Balaban J connectivity index is 2.06. The molecular formula is C25H30FN5O3. The van der Waals surface area contributed by atoms with Crippen LogP contribution in [0.15, 0.2) is 36.5 Å². The Morgan fingerprint density at radius 1 is 1.06 bits per heavy atom. The summed E-state index contributed by atoms with van der Waals surface area (Å²) in [4.78, 5) is 36.4. The van der Waals surface area contributed by atoms with Gasteiger partial charge in [0.05, 0.1) is 0 Å². The summed E-state index contributed by atoms with van der Waals surface area (Å²) >= 11 is 0. The summed E-state index contributed by atoms with van der Waals surface area (Å²) in [6.07, 6.45) is 2.00. The number of likely N-dealkylation sites (N-methyl/N-ethyl adjacent to an activating group) is 1. The van der Waals surface area contributed by atoms with E-state index in [-0.39, 0.29) is 22.7 Å². The van der Waals surface area contributed by atoms with Crippen LogP contribution < -0.4 is 10.6 Å². The zero-order valence-electron chi connectivity index (χ0n) is 20.1. The monoisotopic (exact) mass is 467 g/mol. The number of nitrogens with zero attached hydrogens (tertiary/aromatic N) is 3. The van der Waals surface area contributed by atoms with Crippen LogP contribution >= 0.6 is 0 Å². The number of carbonyl (C=O) groups is 2. The highest BCUT2D eigenvalue weighted by Crippen LogP contribution is 2.29. The summed E-state index contributed by atoms with van der Waals surface area (Å²) in [6.45, 7) is 6.45. The number of hydrogen-bond donors (Lipinski definition) is 3. The van der Waals surface area contributed by atoms with Gasteiger partial charge in [0, 0.05) is 30.2 Å². The van der Waals surface area contributed by atoms with Gasteiger partial charge in [-0.15, -0.1) is 0 Å². The van der Waals surface area contributed by atoms with Gasteiger partial charge in [0.25, 0.3) is 11.8 Å². The first kappa shape index (κ1) is 25.0. The lowest BCUT2D eigenvalue weighted by atomic mass is 10.0. The maximum Gasteiger partial charge on any atom is 0.273 e. The number of aromatic hydroxyl groups is 1. The number of hydrogen-bond acceptors (Lipinski definition) is 6. The van der Waals surface area contributed by atoms with Crippen molar-refractivity contribution in [3.05, 3.63) is 64.9 Å². The average Bonchev–Trinajstić information content (AvgIpc) is 2.74. The van der Waals surface area contributed by atoms with E-state index in [2.05, 4.69) is 20.6 Å². The fourth-order valence-electron chi connectivity index (χ4n) is 3.36. The van der Waals surface area contributed by atoms with Crippen LogP contribution in [0.4, 0.5) is 4.39 Å². The molecule has 0 bridgehead atoms. The van der Waals surface area contributed by atoms with Crippen LogP contribution in [0.2, 0.25) is 0 Å². The molecule has 0 radical (unpaired) electrons. The molecule has 0 atom stereocenters. The number of aromatic nitrogens is 2. The van der Waals surface area contributed by atoms with Crippen molar-refractivity contribution in [1.82, 2.24) is 25.5 Å². The lowest BCUT2D eigenvalue weighted by Crippen LogP contribution is -2.41. The van der Waals surface area contributed by atoms with Gasteiger partial charge in [-0.3, -0.25) is 14.6 Å². The highest BCUT2D eigenvalue weighted by atomic mass is 19.1. The number of amides is 2. The van der Waals surface area contributed by atoms with Gasteiger partial charge in [0.1, 0.15) is 17.0 Å². The molecule has 34 heavy (non-hydrogen) atoms. The molecule has 0 aliphatic rings. The zero-order chi connectivity index (χ0) is 25.0. The molecule has 8 nitrogen and oxygen atoms in total. The lowest BCUT2D eigenvalue weighted by molar-refractivity contribution is 0.0916. The van der Waals surface area contributed by atoms with E-state index in [9.17, 15) is 19.1 Å². The van der Waals surface area contributed by atoms with Gasteiger partial charge < -0.3 is 20.6 Å². The number of carbonyl (C=O) groups excluding carboxylic acids is 2. The third-order valence-corrected chi connectivity index (χ3v) is 4.96. The maximum absolute atomic E-state index is 13.2. The topological polar surface area (TPSA) is 107 Å². The Labute approximate surface area is 198 Å². The fourth-order valence-corrected chi connectivity index (χ4v) is 3.36. The highest BCUT2D eigenvalue weighted by molar-refractivity contribution is 6.09. The maximum atomic E-state index is 13.2. The number of rotatable bonds is 7. The summed E-state index contributed by atoms with van der Waals surface area (Å²) in [5.74, 6) is -1.80. The molecule has 0 unspecified atom stereocenters. The van der Waals surface area contributed by atoms with Crippen LogP contribution in [0.1, 0.15) is 52.9 Å². The number of benzene rings is 1. The second-order valence-electron chi connectivity index (χ2n) is 9.46. The molecule has 2 heterocycles. The Hall–Kier alpha value is -3.59. The predicted octanol–water partition coefficient (Wildman–Crippen LogP) is 2.89. The van der Waals surface area contributed by atoms with E-state index < -0.39 is 23.1 Å². The van der Waals surface area contributed by atoms with Gasteiger partial charge in [0.15, 0.2) is 11.4 Å². The lowest BCUT2D eigenvalue weighted by Gasteiger charge is -2.21. The van der Waals surface area contributed by atoms with Crippen LogP contribution in [-0.2, 0) is 6.42 Å². The molecule has 3 aromatic rings. The minimum atomic E-state index is -0.594. The summed E-state index contributed by atoms with van der Waals surface area (Å²) in [5.41, 5.74) is 0.898. The van der Waals surface area contributed by atoms with Gasteiger partial charge in [-0.1, -0.05) is 12.1 Å². The van der Waals surface area contributed by atoms with Crippen molar-refractivity contribution in [3.63, 3.8) is 0 Å². The number of nitrogens with one attached hydrogen (secondary N) is 2. The second kappa shape index (κ2) is 10.1. The van der Waals surface area contributed by atoms with Crippen LogP contribution in [0.5, 0.6) is 5.75 Å². The number of pyridine rings is 2. The number of halogens is 1. The molecule has 9 heteroatoms. The van der Waals surface area contributed by atoms with Crippen molar-refractivity contribution in [3.8, 4) is 5.75 Å². The minimum Gasteiger partial charge on any atom is -0.504 e. The van der Waals surface area contributed by atoms with Crippen LogP contribution in [0, 0.1) is 5.82 Å². The summed E-state index contributed by atoms with van der Waals surface area (Å²) < 4.78 is 13.2. The molecule has 0 aliphatic heterocycles. The summed E-state index contributed by atoms with van der Waals surface area (Å²) in [5, 5.41) is 16.7. The first-order valence-corrected chi connectivity index (χ1v) is 11.0. The standard InChI is InChI=1S/C25H30FN5O3/c1-25(2,3)30-24(34)20-18-13-16(12-15-6-8-17(26)9-7-15)14-28-19(18)22(32)21(29-20)23(33)27-10-11-31(4)5/h6-9,13-14,32H,10-12H2,1-5H3,(H,27,33)(H,30,34). The quantitative estimate of drug-likeness (QED) is 0.493. The van der Waals surface area contributed by atoms with E-state index in [0.717, 1.165) is 11.1 Å². The molecular weight excluding hydrogens is 437 g/mol. The third-order valence-electron chi connectivity index (χ3n) is 4.96. The van der Waals surface area contributed by atoms with Crippen LogP contribution in [0.25, 0.3) is 10.9 Å². The van der Waals surface area contributed by atoms with Gasteiger partial charge in [-0.05, 0) is 70.6 Å². The molecule has 180 valence electrons. The first-order chi connectivity index (χ1) is 15.9. The molecule has 0 fully saturated rings. The van der Waals surface area contributed by atoms with Crippen LogP contribution in [-0.4, -0.2) is 64.5 Å². The molecule has 0 aliphatic carbocycles. The van der Waals surface area contributed by atoms with Crippen molar-refractivity contribution in [2.45, 2.75) is 32.7 Å². The summed E-state index contributed by atoms with van der Waals surface area (Å²) in [6, 6.07) is 7.80. The molecule has 3 N–H and O–H groups in total. The van der Waals surface area contributed by atoms with E-state index in [0.29, 0.717) is 24.9 Å². The SMILES string of the molecule is CN(C)CCNC(=O)c1nc(C(=O)NC(C)(C)C)c2cc(Cc3ccc(F)cc3)cnc2c1O. The normalized spacial score (nSPS) is 11.6. The van der Waals surface area contributed by atoms with Crippen molar-refractivity contribution in [2.75, 3.05) is 27.2 Å². The molecule has 2 aromatic heterocycles. The third kappa shape index (κ3) is 6.26. The first-order valence-electron chi connectivity index (χ1n) is 11.0. The average molecular weight is 468 g/mol. The van der Waals surface area contributed by atoms with E-state index in [1.165, 1.54) is 12.1 Å². The van der Waals surface area contributed by atoms with E-state index in [4.69, 9.17) is 0 Å². The molecule has 2 amide bonds. The smallest absolute Gasteiger partial charge is 0.273 e. The van der Waals surface area contributed by atoms with E-state index >= 15 is 0 Å². The van der Waals surface area contributed by atoms with Crippen molar-refractivity contribution in [1.29, 1.82) is 0 Å². The summed E-state index contributed by atoms with van der Waals surface area (Å²) in [7, 11) is 3.75. The fraction of sp³-hybridized carbons (Fsp3) is 0.360. The Morgan fingerprint density at radius 3 is 2.35 bits per heavy atom. The Kier molecular flexibility index (Phi) is 7.46. The van der Waals surface area contributed by atoms with Gasteiger partial charge in [-0.2, -0.15) is 0 Å².